The number of oxazole rings is 1. The first-order valence-corrected chi connectivity index (χ1v) is 9.48. The number of anilines is 1. The van der Waals surface area contributed by atoms with Gasteiger partial charge in [0.05, 0.1) is 19.8 Å². The lowest BCUT2D eigenvalue weighted by Crippen LogP contribution is -2.37. The zero-order chi connectivity index (χ0) is 18.9. The molecular weight excluding hydrogens is 344 g/mol. The molecule has 1 aliphatic heterocycles. The molecule has 0 saturated carbocycles. The van der Waals surface area contributed by atoms with Gasteiger partial charge in [-0.2, -0.15) is 10.2 Å². The van der Waals surface area contributed by atoms with Crippen molar-refractivity contribution in [2.24, 2.45) is 0 Å². The van der Waals surface area contributed by atoms with Crippen LogP contribution in [0.5, 0.6) is 5.75 Å². The summed E-state index contributed by atoms with van der Waals surface area (Å²) in [6.45, 7) is 8.06. The number of hydrogen-bond acceptors (Lipinski definition) is 7. The number of rotatable bonds is 9. The van der Waals surface area contributed by atoms with Gasteiger partial charge in [-0.05, 0) is 43.7 Å². The molecule has 3 rings (SSSR count). The highest BCUT2D eigenvalue weighted by atomic mass is 16.5. The number of aromatic nitrogens is 1. The minimum absolute atomic E-state index is 0.280. The van der Waals surface area contributed by atoms with Gasteiger partial charge < -0.3 is 19.2 Å². The van der Waals surface area contributed by atoms with Crippen LogP contribution in [0.2, 0.25) is 0 Å². The van der Waals surface area contributed by atoms with Crippen LogP contribution in [-0.4, -0.2) is 55.9 Å². The molecule has 1 fully saturated rings. The highest BCUT2D eigenvalue weighted by Gasteiger charge is 2.15. The molecule has 1 aromatic carbocycles. The fourth-order valence-corrected chi connectivity index (χ4v) is 2.88. The third-order valence-corrected chi connectivity index (χ3v) is 4.35. The molecule has 1 saturated heterocycles. The predicted octanol–water partition coefficient (Wildman–Crippen LogP) is 3.14. The Labute approximate surface area is 159 Å². The van der Waals surface area contributed by atoms with Gasteiger partial charge in [-0.25, -0.2) is 0 Å². The molecule has 0 radical (unpaired) electrons. The van der Waals surface area contributed by atoms with Crippen molar-refractivity contribution in [2.45, 2.75) is 19.8 Å². The van der Waals surface area contributed by atoms with Gasteiger partial charge in [0.25, 0.3) is 0 Å². The maximum Gasteiger partial charge on any atom is 0.232 e. The monoisotopic (exact) mass is 370 g/mol. The molecule has 7 heteroatoms. The van der Waals surface area contributed by atoms with Crippen LogP contribution in [0.15, 0.2) is 28.7 Å². The normalized spacial score (nSPS) is 14.7. The second kappa shape index (κ2) is 9.95. The predicted molar refractivity (Wildman–Crippen MR) is 103 cm³/mol. The summed E-state index contributed by atoms with van der Waals surface area (Å²) in [4.78, 5) is 6.68. The number of morpholine rings is 1. The average Bonchev–Trinajstić information content (AvgIpc) is 3.14. The molecule has 0 atom stereocenters. The number of hydrogen-bond donors (Lipinski definition) is 1. The van der Waals surface area contributed by atoms with E-state index >= 15 is 0 Å². The molecule has 1 N–H and O–H groups in total. The summed E-state index contributed by atoms with van der Waals surface area (Å²) in [7, 11) is 0. The highest BCUT2D eigenvalue weighted by molar-refractivity contribution is 5.59. The molecule has 0 unspecified atom stereocenters. The molecule has 0 spiro atoms. The van der Waals surface area contributed by atoms with Crippen molar-refractivity contribution in [2.75, 3.05) is 51.3 Å². The largest absolute Gasteiger partial charge is 0.494 e. The van der Waals surface area contributed by atoms with Crippen LogP contribution < -0.4 is 10.1 Å². The van der Waals surface area contributed by atoms with Crippen LogP contribution in [0.1, 0.15) is 25.5 Å². The van der Waals surface area contributed by atoms with E-state index in [9.17, 15) is 5.26 Å². The lowest BCUT2D eigenvalue weighted by molar-refractivity contribution is 0.0378. The second-order valence-electron chi connectivity index (χ2n) is 6.42. The van der Waals surface area contributed by atoms with E-state index in [4.69, 9.17) is 13.9 Å². The van der Waals surface area contributed by atoms with E-state index in [0.29, 0.717) is 18.4 Å². The molecule has 0 aliphatic carbocycles. The van der Waals surface area contributed by atoms with E-state index < -0.39 is 0 Å². The maximum absolute atomic E-state index is 9.33. The van der Waals surface area contributed by atoms with Gasteiger partial charge >= 0.3 is 0 Å². The molecule has 144 valence electrons. The SMILES string of the molecule is CCCOc1ccc(-c2nc(C#N)c(NCCCN3CCOCC3)o2)cc1. The van der Waals surface area contributed by atoms with Crippen molar-refractivity contribution in [3.63, 3.8) is 0 Å². The first-order chi connectivity index (χ1) is 13.3. The maximum atomic E-state index is 9.33. The summed E-state index contributed by atoms with van der Waals surface area (Å²) in [6.07, 6.45) is 1.93. The number of nitrogens with one attached hydrogen (secondary N) is 1. The Morgan fingerprint density at radius 1 is 1.26 bits per heavy atom. The summed E-state index contributed by atoms with van der Waals surface area (Å²) in [5.74, 6) is 1.68. The highest BCUT2D eigenvalue weighted by Crippen LogP contribution is 2.26. The smallest absolute Gasteiger partial charge is 0.232 e. The van der Waals surface area contributed by atoms with Gasteiger partial charge in [0.1, 0.15) is 11.8 Å². The molecule has 7 nitrogen and oxygen atoms in total. The molecule has 1 aliphatic rings. The minimum atomic E-state index is 0.280. The topological polar surface area (TPSA) is 83.5 Å². The quantitative estimate of drug-likeness (QED) is 0.679. The van der Waals surface area contributed by atoms with Gasteiger partial charge in [0.2, 0.25) is 17.5 Å². The average molecular weight is 370 g/mol. The van der Waals surface area contributed by atoms with Crippen LogP contribution in [0.3, 0.4) is 0 Å². The second-order valence-corrected chi connectivity index (χ2v) is 6.42. The van der Waals surface area contributed by atoms with Crippen LogP contribution >= 0.6 is 0 Å². The molecule has 1 aromatic heterocycles. The van der Waals surface area contributed by atoms with Crippen LogP contribution in [-0.2, 0) is 4.74 Å². The van der Waals surface area contributed by atoms with Crippen LogP contribution in [0.4, 0.5) is 5.88 Å². The first-order valence-electron chi connectivity index (χ1n) is 9.48. The van der Waals surface area contributed by atoms with E-state index in [-0.39, 0.29) is 5.69 Å². The van der Waals surface area contributed by atoms with E-state index in [2.05, 4.69) is 28.2 Å². The Bertz CT molecular complexity index is 746. The third kappa shape index (κ3) is 5.46. The van der Waals surface area contributed by atoms with Gasteiger partial charge in [0.15, 0.2) is 0 Å². The van der Waals surface area contributed by atoms with E-state index in [1.165, 1.54) is 0 Å². The van der Waals surface area contributed by atoms with Gasteiger partial charge in [-0.15, -0.1) is 0 Å². The first kappa shape index (κ1) is 19.2. The van der Waals surface area contributed by atoms with Crippen LogP contribution in [0.25, 0.3) is 11.5 Å². The lowest BCUT2D eigenvalue weighted by Gasteiger charge is -2.26. The van der Waals surface area contributed by atoms with E-state index in [0.717, 1.165) is 63.5 Å². The van der Waals surface area contributed by atoms with Crippen molar-refractivity contribution < 1.29 is 13.9 Å². The summed E-state index contributed by atoms with van der Waals surface area (Å²) in [6, 6.07) is 9.65. The third-order valence-electron chi connectivity index (χ3n) is 4.35. The molecule has 2 heterocycles. The fourth-order valence-electron chi connectivity index (χ4n) is 2.88. The van der Waals surface area contributed by atoms with Crippen LogP contribution in [0, 0.1) is 11.3 Å². The Morgan fingerprint density at radius 3 is 2.74 bits per heavy atom. The van der Waals surface area contributed by atoms with Crippen molar-refractivity contribution in [3.8, 4) is 23.3 Å². The molecule has 27 heavy (non-hydrogen) atoms. The summed E-state index contributed by atoms with van der Waals surface area (Å²) in [5, 5.41) is 12.5. The summed E-state index contributed by atoms with van der Waals surface area (Å²) in [5.41, 5.74) is 1.10. The number of ether oxygens (including phenoxy) is 2. The Kier molecular flexibility index (Phi) is 7.08. The van der Waals surface area contributed by atoms with Crippen molar-refractivity contribution in [1.82, 2.24) is 9.88 Å². The summed E-state index contributed by atoms with van der Waals surface area (Å²) >= 11 is 0. The fraction of sp³-hybridized carbons (Fsp3) is 0.500. The van der Waals surface area contributed by atoms with Crippen molar-refractivity contribution in [1.29, 1.82) is 5.26 Å². The van der Waals surface area contributed by atoms with Crippen molar-refractivity contribution in [3.05, 3.63) is 30.0 Å². The number of nitrogens with zero attached hydrogens (tertiary/aromatic N) is 3. The van der Waals surface area contributed by atoms with E-state index in [1.807, 2.05) is 24.3 Å². The lowest BCUT2D eigenvalue weighted by atomic mass is 10.2. The van der Waals surface area contributed by atoms with Gasteiger partial charge in [0, 0.05) is 25.2 Å². The molecule has 2 aromatic rings. The molecule has 0 amide bonds. The molecular formula is C20H26N4O3. The van der Waals surface area contributed by atoms with Gasteiger partial charge in [-0.3, -0.25) is 4.90 Å². The zero-order valence-corrected chi connectivity index (χ0v) is 15.7. The Morgan fingerprint density at radius 2 is 2.04 bits per heavy atom. The number of benzene rings is 1. The van der Waals surface area contributed by atoms with Crippen molar-refractivity contribution >= 4 is 5.88 Å². The summed E-state index contributed by atoms with van der Waals surface area (Å²) < 4.78 is 16.7. The minimum Gasteiger partial charge on any atom is -0.494 e. The molecule has 0 bridgehead atoms. The Balaban J connectivity index is 1.55. The number of nitriles is 1. The Hall–Kier alpha value is -2.56. The van der Waals surface area contributed by atoms with Gasteiger partial charge in [-0.1, -0.05) is 6.92 Å². The van der Waals surface area contributed by atoms with E-state index in [1.54, 1.807) is 0 Å². The zero-order valence-electron chi connectivity index (χ0n) is 15.7. The standard InChI is InChI=1S/C20H26N4O3/c1-2-12-26-17-6-4-16(5-7-17)19-23-18(15-21)20(27-19)22-8-3-9-24-10-13-25-14-11-24/h4-7,22H,2-3,8-14H2,1H3.